The molecule has 4 nitrogen and oxygen atoms in total. The van der Waals surface area contributed by atoms with Crippen molar-refractivity contribution < 1.29 is 4.79 Å². The molecule has 2 heterocycles. The van der Waals surface area contributed by atoms with Gasteiger partial charge in [0.05, 0.1) is 10.6 Å². The second-order valence-corrected chi connectivity index (χ2v) is 10.7. The van der Waals surface area contributed by atoms with E-state index in [1.165, 1.54) is 11.8 Å². The van der Waals surface area contributed by atoms with Crippen molar-refractivity contribution in [3.63, 3.8) is 0 Å². The predicted molar refractivity (Wildman–Crippen MR) is 148 cm³/mol. The van der Waals surface area contributed by atoms with Gasteiger partial charge in [-0.1, -0.05) is 109 Å². The van der Waals surface area contributed by atoms with Crippen molar-refractivity contribution in [2.24, 2.45) is 5.10 Å². The van der Waals surface area contributed by atoms with Crippen LogP contribution >= 0.6 is 23.5 Å². The monoisotopic (exact) mass is 491 g/mol. The van der Waals surface area contributed by atoms with Crippen molar-refractivity contribution >= 4 is 51.9 Å². The molecule has 1 spiro atoms. The third kappa shape index (κ3) is 3.95. The smallest absolute Gasteiger partial charge is 0.268 e. The quantitative estimate of drug-likeness (QED) is 0.287. The van der Waals surface area contributed by atoms with Crippen LogP contribution in [0.2, 0.25) is 0 Å². The van der Waals surface area contributed by atoms with Gasteiger partial charge in [0.1, 0.15) is 5.04 Å². The molecule has 0 saturated carbocycles. The maximum Gasteiger partial charge on any atom is 0.268 e. The summed E-state index contributed by atoms with van der Waals surface area (Å²) >= 11 is 3.14. The average molecular weight is 492 g/mol. The molecule has 2 aliphatic heterocycles. The van der Waals surface area contributed by atoms with Crippen LogP contribution in [0, 0.1) is 0 Å². The highest BCUT2D eigenvalue weighted by molar-refractivity contribution is 8.28. The first-order chi connectivity index (χ1) is 17.2. The van der Waals surface area contributed by atoms with Gasteiger partial charge in [0.2, 0.25) is 4.33 Å². The lowest BCUT2D eigenvalue weighted by atomic mass is 10.2. The fourth-order valence-electron chi connectivity index (χ4n) is 4.16. The zero-order valence-corrected chi connectivity index (χ0v) is 20.3. The molecule has 1 fully saturated rings. The molecule has 0 aliphatic carbocycles. The molecule has 0 N–H and O–H groups in total. The summed E-state index contributed by atoms with van der Waals surface area (Å²) in [5, 5.41) is 7.95. The van der Waals surface area contributed by atoms with Crippen LogP contribution in [-0.2, 0) is 4.79 Å². The van der Waals surface area contributed by atoms with Crippen molar-refractivity contribution in [1.29, 1.82) is 0 Å². The number of amides is 1. The summed E-state index contributed by atoms with van der Waals surface area (Å²) in [7, 11) is 0. The molecule has 1 atom stereocenters. The first-order valence-corrected chi connectivity index (χ1v) is 12.9. The number of thioether (sulfide) groups is 2. The summed E-state index contributed by atoms with van der Waals surface area (Å²) in [6.45, 7) is 0. The zero-order valence-electron chi connectivity index (χ0n) is 18.7. The first kappa shape index (κ1) is 21.8. The number of benzene rings is 4. The lowest BCUT2D eigenvalue weighted by molar-refractivity contribution is -0.114. The first-order valence-electron chi connectivity index (χ1n) is 11.3. The Hall–Kier alpha value is -3.74. The van der Waals surface area contributed by atoms with Gasteiger partial charge in [-0.25, -0.2) is 5.01 Å². The van der Waals surface area contributed by atoms with Crippen molar-refractivity contribution in [2.75, 3.05) is 9.91 Å². The molecule has 4 aromatic rings. The Bertz CT molecular complexity index is 1410. The molecule has 0 aromatic heterocycles. The number of para-hydroxylation sites is 2. The Morgan fingerprint density at radius 1 is 0.657 bits per heavy atom. The summed E-state index contributed by atoms with van der Waals surface area (Å²) in [6.07, 6.45) is 1.97. The molecule has 0 unspecified atom stereocenters. The van der Waals surface area contributed by atoms with E-state index in [0.717, 1.165) is 27.5 Å². The molecule has 1 amide bonds. The van der Waals surface area contributed by atoms with E-state index < -0.39 is 4.33 Å². The van der Waals surface area contributed by atoms with E-state index in [-0.39, 0.29) is 5.91 Å². The van der Waals surface area contributed by atoms with Gasteiger partial charge in [-0.05, 0) is 47.7 Å². The number of hydrogen-bond donors (Lipinski definition) is 0. The number of carbonyl (C=O) groups is 1. The second kappa shape index (κ2) is 9.13. The Morgan fingerprint density at radius 3 is 1.83 bits per heavy atom. The number of hydrazone groups is 1. The van der Waals surface area contributed by atoms with Crippen LogP contribution in [0.25, 0.3) is 6.08 Å². The Balaban J connectivity index is 1.53. The summed E-state index contributed by atoms with van der Waals surface area (Å²) in [5.74, 6) is -0.0389. The van der Waals surface area contributed by atoms with Gasteiger partial charge in [0.15, 0.2) is 0 Å². The molecule has 6 rings (SSSR count). The maximum absolute atomic E-state index is 14.0. The molecule has 35 heavy (non-hydrogen) atoms. The van der Waals surface area contributed by atoms with Crippen LogP contribution in [0.3, 0.4) is 0 Å². The number of anilines is 2. The van der Waals surface area contributed by atoms with E-state index in [1.54, 1.807) is 11.8 Å². The van der Waals surface area contributed by atoms with Crippen LogP contribution in [0.5, 0.6) is 0 Å². The Labute approximate surface area is 213 Å². The molecule has 6 heteroatoms. The van der Waals surface area contributed by atoms with Gasteiger partial charge in [0.25, 0.3) is 5.91 Å². The largest absolute Gasteiger partial charge is 0.268 e. The number of carbonyl (C=O) groups excluding carboxylic acids is 1. The summed E-state index contributed by atoms with van der Waals surface area (Å²) in [6, 6.07) is 40.0. The van der Waals surface area contributed by atoms with Crippen LogP contribution in [0.1, 0.15) is 11.1 Å². The normalized spacial score (nSPS) is 20.6. The third-order valence-corrected chi connectivity index (χ3v) is 8.53. The summed E-state index contributed by atoms with van der Waals surface area (Å²) in [4.78, 5) is 16.6. The number of hydrogen-bond acceptors (Lipinski definition) is 5. The Kier molecular flexibility index (Phi) is 5.68. The molecular formula is C29H21N3OS2. The summed E-state index contributed by atoms with van der Waals surface area (Å²) in [5.41, 5.74) is 3.77. The molecule has 0 radical (unpaired) electrons. The zero-order chi connectivity index (χ0) is 23.7. The minimum Gasteiger partial charge on any atom is -0.268 e. The Morgan fingerprint density at radius 2 is 1.20 bits per heavy atom. The van der Waals surface area contributed by atoms with Gasteiger partial charge in [-0.3, -0.25) is 9.69 Å². The van der Waals surface area contributed by atoms with Crippen molar-refractivity contribution in [3.8, 4) is 0 Å². The van der Waals surface area contributed by atoms with Crippen molar-refractivity contribution in [3.05, 3.63) is 137 Å². The van der Waals surface area contributed by atoms with E-state index >= 15 is 0 Å². The van der Waals surface area contributed by atoms with Crippen molar-refractivity contribution in [2.45, 2.75) is 4.33 Å². The molecular weight excluding hydrogens is 470 g/mol. The molecule has 2 aliphatic rings. The number of rotatable bonds is 4. The summed E-state index contributed by atoms with van der Waals surface area (Å²) < 4.78 is -0.842. The number of nitrogens with zero attached hydrogens (tertiary/aromatic N) is 3. The van der Waals surface area contributed by atoms with Gasteiger partial charge < -0.3 is 0 Å². The molecule has 1 saturated heterocycles. The fourth-order valence-corrected chi connectivity index (χ4v) is 7.14. The van der Waals surface area contributed by atoms with Crippen LogP contribution in [-0.4, -0.2) is 15.3 Å². The van der Waals surface area contributed by atoms with Crippen LogP contribution < -0.4 is 9.91 Å². The molecule has 0 bridgehead atoms. The standard InChI is InChI=1S/C29H21N3OS2/c33-28-26(21-22-13-5-1-6-14-22)34-29(31(28)24-17-9-3-10-18-24)32(25-19-11-4-12-20-25)30-27(35-29)23-15-7-2-8-16-23/h1-21H/b26-21+/t29-/m1/s1. The topological polar surface area (TPSA) is 35.9 Å². The van der Waals surface area contributed by atoms with Gasteiger partial charge in [0, 0.05) is 11.3 Å². The SMILES string of the molecule is O=C1/C(=C\c2ccccc2)S[C@@]2(SC(c3ccccc3)=NN2c2ccccc2)N1c1ccccc1. The lowest BCUT2D eigenvalue weighted by Gasteiger charge is -2.38. The molecule has 170 valence electrons. The van der Waals surface area contributed by atoms with Gasteiger partial charge in [-0.15, -0.1) is 0 Å². The van der Waals surface area contributed by atoms with Gasteiger partial charge in [-0.2, -0.15) is 5.10 Å². The van der Waals surface area contributed by atoms with E-state index in [0.29, 0.717) is 4.91 Å². The maximum atomic E-state index is 14.0. The highest BCUT2D eigenvalue weighted by atomic mass is 32.2. The van der Waals surface area contributed by atoms with E-state index in [1.807, 2.05) is 125 Å². The lowest BCUT2D eigenvalue weighted by Crippen LogP contribution is -2.51. The predicted octanol–water partition coefficient (Wildman–Crippen LogP) is 7.03. The highest BCUT2D eigenvalue weighted by Crippen LogP contribution is 2.59. The highest BCUT2D eigenvalue weighted by Gasteiger charge is 2.59. The van der Waals surface area contributed by atoms with Crippen LogP contribution in [0.15, 0.2) is 131 Å². The van der Waals surface area contributed by atoms with Crippen LogP contribution in [0.4, 0.5) is 11.4 Å². The molecule has 4 aromatic carbocycles. The fraction of sp³-hybridized carbons (Fsp3) is 0.0345. The van der Waals surface area contributed by atoms with E-state index in [4.69, 9.17) is 5.10 Å². The second-order valence-electron chi connectivity index (χ2n) is 8.07. The van der Waals surface area contributed by atoms with Gasteiger partial charge >= 0.3 is 0 Å². The van der Waals surface area contributed by atoms with Crippen molar-refractivity contribution in [1.82, 2.24) is 0 Å². The minimum atomic E-state index is -0.842. The minimum absolute atomic E-state index is 0.0389. The third-order valence-electron chi connectivity index (χ3n) is 5.76. The average Bonchev–Trinajstić information content (AvgIpc) is 3.43. The van der Waals surface area contributed by atoms with E-state index in [2.05, 4.69) is 12.1 Å². The van der Waals surface area contributed by atoms with E-state index in [9.17, 15) is 4.79 Å².